The highest BCUT2D eigenvalue weighted by molar-refractivity contribution is 7.99. The van der Waals surface area contributed by atoms with Gasteiger partial charge in [0, 0.05) is 16.5 Å². The maximum atomic E-state index is 13.2. The Bertz CT molecular complexity index is 1430. The lowest BCUT2D eigenvalue weighted by atomic mass is 10.0. The van der Waals surface area contributed by atoms with Crippen molar-refractivity contribution in [3.63, 3.8) is 0 Å². The van der Waals surface area contributed by atoms with E-state index in [2.05, 4.69) is 12.1 Å². The van der Waals surface area contributed by atoms with Crippen LogP contribution in [0.1, 0.15) is 16.4 Å². The minimum Gasteiger partial charge on any atom is -0.507 e. The molecule has 32 heavy (non-hydrogen) atoms. The van der Waals surface area contributed by atoms with Crippen LogP contribution in [0.4, 0.5) is 0 Å². The number of thioether (sulfide) groups is 1. The molecule has 4 aromatic carbocycles. The van der Waals surface area contributed by atoms with Gasteiger partial charge in [0.15, 0.2) is 0 Å². The molecule has 0 aliphatic rings. The standard InChI is InChI=1S/C28H20O3S/c29-24-18-25(20-10-3-1-4-11-20)31-28(30)26(24)27(32-23-13-5-2-6-14-23)22-16-15-19-9-7-8-12-21(19)17-22/h1-18,27,29H/t27-/m0/s1. The van der Waals surface area contributed by atoms with Crippen LogP contribution in [-0.4, -0.2) is 5.11 Å². The molecule has 0 saturated heterocycles. The van der Waals surface area contributed by atoms with Gasteiger partial charge in [0.1, 0.15) is 11.5 Å². The molecule has 0 amide bonds. The Morgan fingerprint density at radius 2 is 1.38 bits per heavy atom. The van der Waals surface area contributed by atoms with Crippen LogP contribution in [-0.2, 0) is 0 Å². The number of rotatable bonds is 5. The van der Waals surface area contributed by atoms with Crippen LogP contribution in [0, 0.1) is 0 Å². The molecular weight excluding hydrogens is 416 g/mol. The lowest BCUT2D eigenvalue weighted by molar-refractivity contribution is 0.442. The summed E-state index contributed by atoms with van der Waals surface area (Å²) >= 11 is 1.51. The molecule has 5 rings (SSSR count). The molecule has 4 heteroatoms. The third kappa shape index (κ3) is 4.05. The number of benzene rings is 4. The fourth-order valence-electron chi connectivity index (χ4n) is 3.78. The number of hydrogen-bond donors (Lipinski definition) is 1. The summed E-state index contributed by atoms with van der Waals surface area (Å²) in [6.07, 6.45) is 0. The summed E-state index contributed by atoms with van der Waals surface area (Å²) in [7, 11) is 0. The van der Waals surface area contributed by atoms with Gasteiger partial charge >= 0.3 is 5.63 Å². The molecule has 1 heterocycles. The maximum Gasteiger partial charge on any atom is 0.344 e. The summed E-state index contributed by atoms with van der Waals surface area (Å²) in [5.74, 6) is 0.278. The molecule has 0 radical (unpaired) electrons. The molecule has 0 aliphatic heterocycles. The minimum atomic E-state index is -0.537. The third-order valence-corrected chi connectivity index (χ3v) is 6.65. The summed E-state index contributed by atoms with van der Waals surface area (Å²) in [4.78, 5) is 14.2. The molecule has 0 unspecified atom stereocenters. The van der Waals surface area contributed by atoms with E-state index in [1.54, 1.807) is 0 Å². The molecular formula is C28H20O3S. The SMILES string of the molecule is O=c1oc(-c2ccccc2)cc(O)c1[C@@H](Sc1ccccc1)c1ccc2ccccc2c1. The first-order valence-corrected chi connectivity index (χ1v) is 11.2. The van der Waals surface area contributed by atoms with E-state index < -0.39 is 10.9 Å². The Labute approximate surface area is 190 Å². The number of aromatic hydroxyl groups is 1. The molecule has 1 N–H and O–H groups in total. The first kappa shape index (κ1) is 20.2. The van der Waals surface area contributed by atoms with E-state index in [1.807, 2.05) is 91.0 Å². The van der Waals surface area contributed by atoms with E-state index in [-0.39, 0.29) is 11.3 Å². The summed E-state index contributed by atoms with van der Waals surface area (Å²) < 4.78 is 5.67. The molecule has 156 valence electrons. The summed E-state index contributed by atoms with van der Waals surface area (Å²) in [5.41, 5.74) is 1.37. The van der Waals surface area contributed by atoms with Crippen LogP contribution in [0.5, 0.6) is 5.75 Å². The quantitative estimate of drug-likeness (QED) is 0.300. The zero-order chi connectivity index (χ0) is 21.9. The first-order valence-electron chi connectivity index (χ1n) is 10.3. The Hall–Kier alpha value is -3.76. The van der Waals surface area contributed by atoms with Gasteiger partial charge in [-0.3, -0.25) is 0 Å². The smallest absolute Gasteiger partial charge is 0.344 e. The molecule has 0 bridgehead atoms. The lowest BCUT2D eigenvalue weighted by Gasteiger charge is -2.19. The van der Waals surface area contributed by atoms with Crippen molar-refractivity contribution in [3.05, 3.63) is 131 Å². The zero-order valence-corrected chi connectivity index (χ0v) is 18.0. The molecule has 0 aliphatic carbocycles. The molecule has 0 saturated carbocycles. The van der Waals surface area contributed by atoms with Crippen molar-refractivity contribution in [1.82, 2.24) is 0 Å². The predicted octanol–water partition coefficient (Wildman–Crippen LogP) is 7.05. The van der Waals surface area contributed by atoms with Crippen LogP contribution in [0.25, 0.3) is 22.1 Å². The van der Waals surface area contributed by atoms with E-state index in [4.69, 9.17) is 4.42 Å². The van der Waals surface area contributed by atoms with Crippen molar-refractivity contribution in [2.45, 2.75) is 10.1 Å². The van der Waals surface area contributed by atoms with Crippen LogP contribution in [0.3, 0.4) is 0 Å². The van der Waals surface area contributed by atoms with Gasteiger partial charge in [0.2, 0.25) is 0 Å². The fourth-order valence-corrected chi connectivity index (χ4v) is 4.98. The van der Waals surface area contributed by atoms with Gasteiger partial charge in [0.25, 0.3) is 0 Å². The van der Waals surface area contributed by atoms with E-state index in [9.17, 15) is 9.90 Å². The van der Waals surface area contributed by atoms with Crippen molar-refractivity contribution < 1.29 is 9.52 Å². The second-order valence-corrected chi connectivity index (χ2v) is 8.66. The van der Waals surface area contributed by atoms with Gasteiger partial charge in [-0.25, -0.2) is 4.79 Å². The Kier molecular flexibility index (Phi) is 5.53. The van der Waals surface area contributed by atoms with Crippen molar-refractivity contribution in [2.75, 3.05) is 0 Å². The van der Waals surface area contributed by atoms with Crippen LogP contribution < -0.4 is 5.63 Å². The summed E-state index contributed by atoms with van der Waals surface area (Å²) in [6.45, 7) is 0. The van der Waals surface area contributed by atoms with E-state index in [0.717, 1.165) is 26.8 Å². The fraction of sp³-hybridized carbons (Fsp3) is 0.0357. The average Bonchev–Trinajstić information content (AvgIpc) is 2.84. The van der Waals surface area contributed by atoms with Crippen molar-refractivity contribution in [1.29, 1.82) is 0 Å². The second kappa shape index (κ2) is 8.77. The molecule has 0 fully saturated rings. The van der Waals surface area contributed by atoms with Crippen molar-refractivity contribution >= 4 is 22.5 Å². The third-order valence-electron chi connectivity index (χ3n) is 5.36. The first-order chi connectivity index (χ1) is 15.7. The zero-order valence-electron chi connectivity index (χ0n) is 17.1. The second-order valence-electron chi connectivity index (χ2n) is 7.48. The van der Waals surface area contributed by atoms with E-state index in [0.29, 0.717) is 5.76 Å². The highest BCUT2D eigenvalue weighted by atomic mass is 32.2. The average molecular weight is 437 g/mol. The van der Waals surface area contributed by atoms with Crippen molar-refractivity contribution in [3.8, 4) is 17.1 Å². The van der Waals surface area contributed by atoms with Crippen molar-refractivity contribution in [2.24, 2.45) is 0 Å². The lowest BCUT2D eigenvalue weighted by Crippen LogP contribution is -2.12. The highest BCUT2D eigenvalue weighted by Gasteiger charge is 2.25. The van der Waals surface area contributed by atoms with Gasteiger partial charge in [-0.05, 0) is 34.5 Å². The molecule has 5 aromatic rings. The maximum absolute atomic E-state index is 13.2. The van der Waals surface area contributed by atoms with E-state index >= 15 is 0 Å². The van der Waals surface area contributed by atoms with Gasteiger partial charge in [-0.2, -0.15) is 0 Å². The molecule has 3 nitrogen and oxygen atoms in total. The minimum absolute atomic E-state index is 0.0679. The predicted molar refractivity (Wildman–Crippen MR) is 130 cm³/mol. The molecule has 0 spiro atoms. The topological polar surface area (TPSA) is 50.4 Å². The van der Waals surface area contributed by atoms with Gasteiger partial charge < -0.3 is 9.52 Å². The number of hydrogen-bond acceptors (Lipinski definition) is 4. The Balaban J connectivity index is 1.65. The highest BCUT2D eigenvalue weighted by Crippen LogP contribution is 2.43. The molecule has 1 atom stereocenters. The van der Waals surface area contributed by atoms with Gasteiger partial charge in [-0.1, -0.05) is 84.9 Å². The van der Waals surface area contributed by atoms with Crippen LogP contribution in [0.2, 0.25) is 0 Å². The monoisotopic (exact) mass is 436 g/mol. The van der Waals surface area contributed by atoms with Gasteiger partial charge in [0.05, 0.1) is 10.8 Å². The molecule has 1 aromatic heterocycles. The largest absolute Gasteiger partial charge is 0.507 e. The Morgan fingerprint density at radius 3 is 2.09 bits per heavy atom. The summed E-state index contributed by atoms with van der Waals surface area (Å²) in [6, 6.07) is 34.9. The number of fused-ring (bicyclic) bond motifs is 1. The normalized spacial score (nSPS) is 12.0. The Morgan fingerprint density at radius 1 is 0.719 bits per heavy atom. The van der Waals surface area contributed by atoms with Crippen LogP contribution >= 0.6 is 11.8 Å². The summed E-state index contributed by atoms with van der Waals surface area (Å²) in [5, 5.41) is 12.8. The van der Waals surface area contributed by atoms with Crippen LogP contribution in [0.15, 0.2) is 123 Å². The van der Waals surface area contributed by atoms with E-state index in [1.165, 1.54) is 17.8 Å². The van der Waals surface area contributed by atoms with Gasteiger partial charge in [-0.15, -0.1) is 11.8 Å².